The van der Waals surface area contributed by atoms with Crippen LogP contribution in [0.3, 0.4) is 0 Å². The van der Waals surface area contributed by atoms with Crippen molar-refractivity contribution < 1.29 is 0 Å². The first-order valence-corrected chi connectivity index (χ1v) is 8.23. The Hall–Kier alpha value is -1.45. The number of thiazole rings is 1. The number of rotatable bonds is 4. The summed E-state index contributed by atoms with van der Waals surface area (Å²) in [4.78, 5) is 4.73. The standard InChI is InChI=1S/C17H14BrNS/c18-15-9-7-14(8-10-15)16-12-20-17(19-16)11-6-13-4-2-1-3-5-13/h1-5,7-10,12H,6,11H2. The molecule has 0 aliphatic carbocycles. The quantitative estimate of drug-likeness (QED) is 0.621. The van der Waals surface area contributed by atoms with Crippen molar-refractivity contribution >= 4 is 27.3 Å². The lowest BCUT2D eigenvalue weighted by atomic mass is 10.1. The Morgan fingerprint density at radius 3 is 2.40 bits per heavy atom. The maximum absolute atomic E-state index is 4.73. The van der Waals surface area contributed by atoms with Crippen LogP contribution in [0.4, 0.5) is 0 Å². The van der Waals surface area contributed by atoms with Crippen molar-refractivity contribution in [3.05, 3.63) is 75.0 Å². The number of aromatic nitrogens is 1. The molecule has 1 nitrogen and oxygen atoms in total. The minimum Gasteiger partial charge on any atom is -0.241 e. The van der Waals surface area contributed by atoms with E-state index >= 15 is 0 Å². The summed E-state index contributed by atoms with van der Waals surface area (Å²) in [6.45, 7) is 0. The fraction of sp³-hybridized carbons (Fsp3) is 0.118. The zero-order chi connectivity index (χ0) is 13.8. The minimum absolute atomic E-state index is 1.01. The topological polar surface area (TPSA) is 12.9 Å². The molecule has 2 aromatic carbocycles. The predicted molar refractivity (Wildman–Crippen MR) is 89.1 cm³/mol. The molecule has 1 heterocycles. The molecule has 0 spiro atoms. The van der Waals surface area contributed by atoms with E-state index in [0.717, 1.165) is 23.0 Å². The number of hydrogen-bond donors (Lipinski definition) is 0. The second kappa shape index (κ2) is 6.33. The van der Waals surface area contributed by atoms with Crippen molar-refractivity contribution in [2.24, 2.45) is 0 Å². The van der Waals surface area contributed by atoms with E-state index in [0.29, 0.717) is 0 Å². The van der Waals surface area contributed by atoms with Gasteiger partial charge in [0.15, 0.2) is 0 Å². The highest BCUT2D eigenvalue weighted by atomic mass is 79.9. The molecular formula is C17H14BrNS. The molecular weight excluding hydrogens is 330 g/mol. The van der Waals surface area contributed by atoms with Gasteiger partial charge in [0.2, 0.25) is 0 Å². The second-order valence-electron chi connectivity index (χ2n) is 4.62. The fourth-order valence-electron chi connectivity index (χ4n) is 2.07. The minimum atomic E-state index is 1.01. The Kier molecular flexibility index (Phi) is 4.28. The van der Waals surface area contributed by atoms with Crippen molar-refractivity contribution in [1.82, 2.24) is 4.98 Å². The summed E-state index contributed by atoms with van der Waals surface area (Å²) < 4.78 is 1.10. The number of benzene rings is 2. The summed E-state index contributed by atoms with van der Waals surface area (Å²) >= 11 is 5.20. The zero-order valence-corrected chi connectivity index (χ0v) is 13.3. The van der Waals surface area contributed by atoms with Crippen LogP contribution in [0.1, 0.15) is 10.6 Å². The lowest BCUT2D eigenvalue weighted by molar-refractivity contribution is 0.945. The van der Waals surface area contributed by atoms with Gasteiger partial charge < -0.3 is 0 Å². The van der Waals surface area contributed by atoms with Gasteiger partial charge in [-0.05, 0) is 24.1 Å². The molecule has 0 aliphatic heterocycles. The first-order chi connectivity index (χ1) is 9.81. The van der Waals surface area contributed by atoms with Crippen molar-refractivity contribution in [2.75, 3.05) is 0 Å². The van der Waals surface area contributed by atoms with Gasteiger partial charge in [-0.25, -0.2) is 4.98 Å². The van der Waals surface area contributed by atoms with E-state index in [2.05, 4.69) is 75.9 Å². The van der Waals surface area contributed by atoms with Crippen molar-refractivity contribution in [3.63, 3.8) is 0 Å². The van der Waals surface area contributed by atoms with Gasteiger partial charge in [0, 0.05) is 21.8 Å². The summed E-state index contributed by atoms with van der Waals surface area (Å²) in [6, 6.07) is 18.9. The molecule has 20 heavy (non-hydrogen) atoms. The third-order valence-corrected chi connectivity index (χ3v) is 4.60. The van der Waals surface area contributed by atoms with Crippen LogP contribution in [0.15, 0.2) is 64.5 Å². The zero-order valence-electron chi connectivity index (χ0n) is 10.9. The van der Waals surface area contributed by atoms with Gasteiger partial charge >= 0.3 is 0 Å². The third-order valence-electron chi connectivity index (χ3n) is 3.16. The molecule has 100 valence electrons. The number of halogens is 1. The second-order valence-corrected chi connectivity index (χ2v) is 6.48. The first-order valence-electron chi connectivity index (χ1n) is 6.55. The molecule has 1 aromatic heterocycles. The highest BCUT2D eigenvalue weighted by molar-refractivity contribution is 9.10. The highest BCUT2D eigenvalue weighted by Crippen LogP contribution is 2.24. The monoisotopic (exact) mass is 343 g/mol. The molecule has 0 saturated carbocycles. The van der Waals surface area contributed by atoms with Gasteiger partial charge in [0.1, 0.15) is 0 Å². The maximum Gasteiger partial charge on any atom is 0.0935 e. The summed E-state index contributed by atoms with van der Waals surface area (Å²) in [5, 5.41) is 3.34. The lowest BCUT2D eigenvalue weighted by Crippen LogP contribution is -1.90. The molecule has 0 radical (unpaired) electrons. The van der Waals surface area contributed by atoms with Gasteiger partial charge in [-0.15, -0.1) is 11.3 Å². The van der Waals surface area contributed by atoms with Gasteiger partial charge in [-0.3, -0.25) is 0 Å². The van der Waals surface area contributed by atoms with Crippen LogP contribution < -0.4 is 0 Å². The van der Waals surface area contributed by atoms with Crippen LogP contribution in [-0.4, -0.2) is 4.98 Å². The van der Waals surface area contributed by atoms with Gasteiger partial charge in [-0.2, -0.15) is 0 Å². The molecule has 3 rings (SSSR count). The smallest absolute Gasteiger partial charge is 0.0935 e. The molecule has 0 N–H and O–H groups in total. The Labute approximate surface area is 131 Å². The molecule has 0 amide bonds. The van der Waals surface area contributed by atoms with Gasteiger partial charge in [0.05, 0.1) is 10.7 Å². The van der Waals surface area contributed by atoms with Crippen LogP contribution in [-0.2, 0) is 12.8 Å². The van der Waals surface area contributed by atoms with E-state index in [-0.39, 0.29) is 0 Å². The Bertz CT molecular complexity index is 674. The summed E-state index contributed by atoms with van der Waals surface area (Å²) in [5.41, 5.74) is 3.62. The number of aryl methyl sites for hydroxylation is 2. The van der Waals surface area contributed by atoms with Crippen LogP contribution in [0.2, 0.25) is 0 Å². The average molecular weight is 344 g/mol. The molecule has 3 heteroatoms. The average Bonchev–Trinajstić information content (AvgIpc) is 2.96. The molecule has 3 aromatic rings. The SMILES string of the molecule is Brc1ccc(-c2csc(CCc3ccccc3)n2)cc1. The normalized spacial score (nSPS) is 10.7. The van der Waals surface area contributed by atoms with Crippen LogP contribution >= 0.6 is 27.3 Å². The van der Waals surface area contributed by atoms with Crippen LogP contribution in [0.25, 0.3) is 11.3 Å². The highest BCUT2D eigenvalue weighted by Gasteiger charge is 2.05. The van der Waals surface area contributed by atoms with Crippen LogP contribution in [0.5, 0.6) is 0 Å². The van der Waals surface area contributed by atoms with E-state index in [4.69, 9.17) is 4.98 Å². The lowest BCUT2D eigenvalue weighted by Gasteiger charge is -1.98. The first kappa shape index (κ1) is 13.5. The summed E-state index contributed by atoms with van der Waals surface area (Å²) in [5.74, 6) is 0. The van der Waals surface area contributed by atoms with E-state index < -0.39 is 0 Å². The van der Waals surface area contributed by atoms with Crippen molar-refractivity contribution in [1.29, 1.82) is 0 Å². The molecule has 0 bridgehead atoms. The van der Waals surface area contributed by atoms with Crippen molar-refractivity contribution in [2.45, 2.75) is 12.8 Å². The largest absolute Gasteiger partial charge is 0.241 e. The molecule has 0 atom stereocenters. The Morgan fingerprint density at radius 2 is 1.65 bits per heavy atom. The Balaban J connectivity index is 1.69. The molecule has 0 fully saturated rings. The van der Waals surface area contributed by atoms with Crippen LogP contribution in [0, 0.1) is 0 Å². The summed E-state index contributed by atoms with van der Waals surface area (Å²) in [7, 11) is 0. The molecule has 0 aliphatic rings. The van der Waals surface area contributed by atoms with E-state index in [1.54, 1.807) is 11.3 Å². The van der Waals surface area contributed by atoms with Gasteiger partial charge in [0.25, 0.3) is 0 Å². The van der Waals surface area contributed by atoms with Crippen molar-refractivity contribution in [3.8, 4) is 11.3 Å². The van der Waals surface area contributed by atoms with E-state index in [1.807, 2.05) is 0 Å². The maximum atomic E-state index is 4.73. The molecule has 0 saturated heterocycles. The fourth-order valence-corrected chi connectivity index (χ4v) is 3.15. The number of nitrogens with zero attached hydrogens (tertiary/aromatic N) is 1. The van der Waals surface area contributed by atoms with Gasteiger partial charge in [-0.1, -0.05) is 58.4 Å². The predicted octanol–water partition coefficient (Wildman–Crippen LogP) is 5.36. The third kappa shape index (κ3) is 3.35. The summed E-state index contributed by atoms with van der Waals surface area (Å²) in [6.07, 6.45) is 2.05. The molecule has 0 unspecified atom stereocenters. The van der Waals surface area contributed by atoms with E-state index in [1.165, 1.54) is 16.1 Å². The number of hydrogen-bond acceptors (Lipinski definition) is 2. The van der Waals surface area contributed by atoms with E-state index in [9.17, 15) is 0 Å². The Morgan fingerprint density at radius 1 is 0.900 bits per heavy atom.